The van der Waals surface area contributed by atoms with Crippen LogP contribution in [-0.4, -0.2) is 21.7 Å². The molecule has 0 aliphatic rings. The second-order valence-corrected chi connectivity index (χ2v) is 6.52. The average molecular weight is 341 g/mol. The van der Waals surface area contributed by atoms with Gasteiger partial charge in [-0.05, 0) is 42.7 Å². The summed E-state index contributed by atoms with van der Waals surface area (Å²) in [5.41, 5.74) is 0.505. The average Bonchev–Trinajstić information content (AvgIpc) is 2.62. The van der Waals surface area contributed by atoms with Gasteiger partial charge >= 0.3 is 0 Å². The molecule has 2 aromatic rings. The quantitative estimate of drug-likeness (QED) is 0.674. The smallest absolute Gasteiger partial charge is 0.251 e. The number of amides is 1. The molecule has 2 aromatic carbocycles. The summed E-state index contributed by atoms with van der Waals surface area (Å²) in [5.74, 6) is -0.0455. The van der Waals surface area contributed by atoms with Crippen LogP contribution in [0.5, 0.6) is 5.75 Å². The summed E-state index contributed by atoms with van der Waals surface area (Å²) >= 11 is 0. The number of aliphatic hydroxyl groups is 1. The number of nitrogens with one attached hydrogen (secondary N) is 1. The van der Waals surface area contributed by atoms with E-state index in [1.54, 1.807) is 30.3 Å². The van der Waals surface area contributed by atoms with Gasteiger partial charge in [-0.1, -0.05) is 50.6 Å². The first-order valence-corrected chi connectivity index (χ1v) is 8.84. The van der Waals surface area contributed by atoms with Gasteiger partial charge in [0.05, 0.1) is 11.6 Å². The van der Waals surface area contributed by atoms with Crippen molar-refractivity contribution < 1.29 is 15.0 Å². The Kier molecular flexibility index (Phi) is 6.59. The largest absolute Gasteiger partial charge is 0.508 e. The van der Waals surface area contributed by atoms with Crippen molar-refractivity contribution in [3.63, 3.8) is 0 Å². The Morgan fingerprint density at radius 3 is 2.44 bits per heavy atom. The molecule has 4 nitrogen and oxygen atoms in total. The molecule has 0 aliphatic carbocycles. The molecule has 25 heavy (non-hydrogen) atoms. The number of phenolic OH excluding ortho intramolecular Hbond substituents is 1. The lowest BCUT2D eigenvalue weighted by Gasteiger charge is -2.32. The summed E-state index contributed by atoms with van der Waals surface area (Å²) in [6.07, 6.45) is 2.54. The molecule has 0 saturated carbocycles. The number of hydrogen-bond acceptors (Lipinski definition) is 3. The van der Waals surface area contributed by atoms with Crippen molar-refractivity contribution in [3.8, 4) is 5.75 Å². The van der Waals surface area contributed by atoms with Gasteiger partial charge in [-0.25, -0.2) is 0 Å². The fourth-order valence-electron chi connectivity index (χ4n) is 3.09. The Morgan fingerprint density at radius 2 is 1.84 bits per heavy atom. The lowest BCUT2D eigenvalue weighted by Crippen LogP contribution is -2.37. The fraction of sp³-hybridized carbons (Fsp3) is 0.381. The highest BCUT2D eigenvalue weighted by Gasteiger charge is 2.30. The third-order valence-corrected chi connectivity index (χ3v) is 4.57. The van der Waals surface area contributed by atoms with Crippen molar-refractivity contribution in [2.75, 3.05) is 0 Å². The monoisotopic (exact) mass is 341 g/mol. The van der Waals surface area contributed by atoms with Crippen LogP contribution >= 0.6 is 0 Å². The van der Waals surface area contributed by atoms with Gasteiger partial charge in [0.25, 0.3) is 5.91 Å². The van der Waals surface area contributed by atoms with Crippen LogP contribution < -0.4 is 5.32 Å². The molecule has 2 unspecified atom stereocenters. The van der Waals surface area contributed by atoms with E-state index in [1.807, 2.05) is 38.1 Å². The van der Waals surface area contributed by atoms with Crippen LogP contribution in [0, 0.1) is 0 Å². The lowest BCUT2D eigenvalue weighted by atomic mass is 9.85. The van der Waals surface area contributed by atoms with E-state index in [0.29, 0.717) is 24.8 Å². The van der Waals surface area contributed by atoms with Gasteiger partial charge in [0.2, 0.25) is 0 Å². The Hall–Kier alpha value is -2.33. The number of aromatic hydroxyl groups is 1. The number of rotatable bonds is 8. The van der Waals surface area contributed by atoms with E-state index in [-0.39, 0.29) is 17.7 Å². The van der Waals surface area contributed by atoms with Crippen LogP contribution in [0.25, 0.3) is 0 Å². The highest BCUT2D eigenvalue weighted by Crippen LogP contribution is 2.31. The molecular weight excluding hydrogens is 314 g/mol. The second-order valence-electron chi connectivity index (χ2n) is 6.52. The van der Waals surface area contributed by atoms with E-state index >= 15 is 0 Å². The minimum Gasteiger partial charge on any atom is -0.508 e. The summed E-state index contributed by atoms with van der Waals surface area (Å²) in [5, 5.41) is 23.7. The van der Waals surface area contributed by atoms with Gasteiger partial charge in [0.1, 0.15) is 5.75 Å². The zero-order chi connectivity index (χ0) is 18.3. The van der Waals surface area contributed by atoms with Gasteiger partial charge in [-0.2, -0.15) is 0 Å². The van der Waals surface area contributed by atoms with Gasteiger partial charge in [-0.3, -0.25) is 4.79 Å². The number of carbonyl (C=O) groups is 1. The van der Waals surface area contributed by atoms with Gasteiger partial charge in [-0.15, -0.1) is 0 Å². The zero-order valence-corrected chi connectivity index (χ0v) is 14.9. The molecule has 2 atom stereocenters. The Bertz CT molecular complexity index is 687. The van der Waals surface area contributed by atoms with Crippen LogP contribution in [0.1, 0.15) is 61.5 Å². The van der Waals surface area contributed by atoms with Crippen molar-refractivity contribution >= 4 is 5.91 Å². The molecule has 0 heterocycles. The van der Waals surface area contributed by atoms with E-state index in [1.165, 1.54) is 0 Å². The molecule has 0 saturated heterocycles. The van der Waals surface area contributed by atoms with Crippen molar-refractivity contribution in [3.05, 3.63) is 65.7 Å². The van der Waals surface area contributed by atoms with E-state index in [0.717, 1.165) is 12.0 Å². The maximum Gasteiger partial charge on any atom is 0.251 e. The molecule has 134 valence electrons. The first-order chi connectivity index (χ1) is 12.0. The van der Waals surface area contributed by atoms with Crippen LogP contribution in [0.4, 0.5) is 0 Å². The normalized spacial score (nSPS) is 14.5. The minimum absolute atomic E-state index is 0.145. The second kappa shape index (κ2) is 8.67. The Morgan fingerprint density at radius 1 is 1.12 bits per heavy atom. The number of carbonyl (C=O) groups excluding carboxylic acids is 1. The first-order valence-electron chi connectivity index (χ1n) is 8.84. The molecule has 0 spiro atoms. The third kappa shape index (κ3) is 5.33. The molecule has 4 heteroatoms. The molecule has 0 aliphatic heterocycles. The van der Waals surface area contributed by atoms with Gasteiger partial charge < -0.3 is 15.5 Å². The molecule has 2 rings (SSSR count). The molecule has 3 N–H and O–H groups in total. The predicted octanol–water partition coefficient (Wildman–Crippen LogP) is 4.19. The highest BCUT2D eigenvalue weighted by molar-refractivity contribution is 5.94. The maximum atomic E-state index is 12.6. The molecule has 1 amide bonds. The highest BCUT2D eigenvalue weighted by atomic mass is 16.3. The maximum absolute atomic E-state index is 12.6. The van der Waals surface area contributed by atoms with Crippen molar-refractivity contribution in [2.45, 2.75) is 51.2 Å². The van der Waals surface area contributed by atoms with Crippen LogP contribution in [0.3, 0.4) is 0 Å². The van der Waals surface area contributed by atoms with Gasteiger partial charge in [0, 0.05) is 12.0 Å². The van der Waals surface area contributed by atoms with Gasteiger partial charge in [0.15, 0.2) is 0 Å². The number of hydrogen-bond donors (Lipinski definition) is 3. The molecule has 0 aromatic heterocycles. The van der Waals surface area contributed by atoms with Crippen LogP contribution in [0.15, 0.2) is 54.6 Å². The van der Waals surface area contributed by atoms with Crippen molar-refractivity contribution in [2.24, 2.45) is 0 Å². The van der Waals surface area contributed by atoms with E-state index in [9.17, 15) is 15.0 Å². The lowest BCUT2D eigenvalue weighted by molar-refractivity contribution is 0.00857. The van der Waals surface area contributed by atoms with E-state index in [2.05, 4.69) is 5.32 Å². The Balaban J connectivity index is 2.27. The fourth-order valence-corrected chi connectivity index (χ4v) is 3.09. The van der Waals surface area contributed by atoms with Crippen LogP contribution in [-0.2, 0) is 0 Å². The van der Waals surface area contributed by atoms with E-state index in [4.69, 9.17) is 0 Å². The predicted molar refractivity (Wildman–Crippen MR) is 99.5 cm³/mol. The summed E-state index contributed by atoms with van der Waals surface area (Å²) < 4.78 is 0. The summed E-state index contributed by atoms with van der Waals surface area (Å²) in [6.45, 7) is 3.99. The van der Waals surface area contributed by atoms with Crippen LogP contribution in [0.2, 0.25) is 0 Å². The first kappa shape index (κ1) is 19.0. The molecule has 0 fully saturated rings. The molecule has 0 bridgehead atoms. The van der Waals surface area contributed by atoms with E-state index < -0.39 is 5.60 Å². The number of phenols is 1. The topological polar surface area (TPSA) is 69.6 Å². The van der Waals surface area contributed by atoms with Crippen molar-refractivity contribution in [1.29, 1.82) is 0 Å². The molecular formula is C21H27NO3. The SMILES string of the molecule is CCCC(O)(CC)CC(NC(=O)c1ccccc1)c1cccc(O)c1. The number of benzene rings is 2. The molecule has 0 radical (unpaired) electrons. The summed E-state index contributed by atoms with van der Waals surface area (Å²) in [4.78, 5) is 12.6. The van der Waals surface area contributed by atoms with Crippen molar-refractivity contribution in [1.82, 2.24) is 5.32 Å². The minimum atomic E-state index is -0.852. The Labute approximate surface area is 149 Å². The summed E-state index contributed by atoms with van der Waals surface area (Å²) in [6, 6.07) is 15.5. The summed E-state index contributed by atoms with van der Waals surface area (Å²) in [7, 11) is 0. The third-order valence-electron chi connectivity index (χ3n) is 4.57. The zero-order valence-electron chi connectivity index (χ0n) is 14.9. The standard InChI is InChI=1S/C21H27NO3/c1-3-13-21(25,4-2)15-19(17-11-8-12-18(23)14-17)22-20(24)16-9-6-5-7-10-16/h5-12,14,19,23,25H,3-4,13,15H2,1-2H3,(H,22,24).